The topological polar surface area (TPSA) is 9.86 Å². The van der Waals surface area contributed by atoms with Crippen LogP contribution in [0.5, 0.6) is 0 Å². The normalized spacial score (nSPS) is 12.5. The fourth-order valence-corrected chi connectivity index (χ4v) is 14.4. The lowest BCUT2D eigenvalue weighted by atomic mass is 9.67. The Bertz CT molecular complexity index is 5230. The molecule has 406 valence electrons. The van der Waals surface area contributed by atoms with Crippen molar-refractivity contribution in [1.29, 1.82) is 0 Å². The Kier molecular flexibility index (Phi) is 11.8. The van der Waals surface area contributed by atoms with Crippen LogP contribution in [-0.4, -0.2) is 9.13 Å². The van der Waals surface area contributed by atoms with Crippen LogP contribution >= 0.6 is 0 Å². The molecule has 0 atom stereocenters. The molecular weight excluding hydrogens is 1050 g/mol. The van der Waals surface area contributed by atoms with Crippen LogP contribution in [0.2, 0.25) is 0 Å². The number of benzene rings is 14. The lowest BCUT2D eigenvalue weighted by molar-refractivity contribution is 0.768. The molecule has 2 heteroatoms. The van der Waals surface area contributed by atoms with Crippen LogP contribution in [0.1, 0.15) is 22.3 Å². The Labute approximate surface area is 506 Å². The van der Waals surface area contributed by atoms with Gasteiger partial charge < -0.3 is 9.13 Å². The Morgan fingerprint density at radius 3 is 1.02 bits per heavy atom. The van der Waals surface area contributed by atoms with Crippen molar-refractivity contribution in [1.82, 2.24) is 9.13 Å². The Morgan fingerprint density at radius 2 is 0.506 bits per heavy atom. The molecule has 1 aliphatic rings. The summed E-state index contributed by atoms with van der Waals surface area (Å²) in [5.41, 5.74) is 28.8. The first kappa shape index (κ1) is 50.2. The first-order valence-electron chi connectivity index (χ1n) is 30.1. The van der Waals surface area contributed by atoms with Gasteiger partial charge in [0.05, 0.1) is 27.5 Å². The van der Waals surface area contributed by atoms with Gasteiger partial charge in [-0.25, -0.2) is 0 Å². The number of hydrogen-bond acceptors (Lipinski definition) is 0. The molecule has 0 radical (unpaired) electrons. The quantitative estimate of drug-likeness (QED) is 0.129. The minimum absolute atomic E-state index is 0.415. The number of aromatic nitrogens is 2. The van der Waals surface area contributed by atoms with Gasteiger partial charge in [0.25, 0.3) is 0 Å². The van der Waals surface area contributed by atoms with Gasteiger partial charge in [-0.3, -0.25) is 0 Å². The molecule has 0 amide bonds. The zero-order chi connectivity index (χ0) is 57.4. The van der Waals surface area contributed by atoms with Crippen LogP contribution in [0.4, 0.5) is 0 Å². The van der Waals surface area contributed by atoms with E-state index in [2.05, 4.69) is 349 Å². The third-order valence-corrected chi connectivity index (χ3v) is 18.5. The van der Waals surface area contributed by atoms with E-state index < -0.39 is 5.41 Å². The van der Waals surface area contributed by atoms with Crippen LogP contribution in [-0.2, 0) is 5.41 Å². The molecule has 0 bridgehead atoms. The minimum Gasteiger partial charge on any atom is -0.309 e. The summed E-state index contributed by atoms with van der Waals surface area (Å²) in [4.78, 5) is 0. The van der Waals surface area contributed by atoms with E-state index in [-0.39, 0.29) is 0 Å². The summed E-state index contributed by atoms with van der Waals surface area (Å²) in [5.74, 6) is 0. The zero-order valence-electron chi connectivity index (χ0n) is 47.7. The second kappa shape index (κ2) is 20.5. The second-order valence-electron chi connectivity index (χ2n) is 23.1. The standard InChI is InChI=1S/C85H56N2/c1-3-18-57(19-4-1)58-40-48-69(49-41-58)86-81-32-15-11-28-75(81)77-55-65(44-52-83(77)86)66-45-53-84-78(56-66)76-29-12-16-33-82(76)87(84)70-50-42-62(43-51-70)72-25-8-7-24-71(72)61-36-34-59(35-37-61)63-20-17-21-64(54-63)60-38-46-68(47-39-60)85(67-22-5-2-6-23-67)79-30-13-9-26-73(79)74-27-10-14-31-80(74)85/h1-56H. The van der Waals surface area contributed by atoms with Crippen molar-refractivity contribution < 1.29 is 0 Å². The van der Waals surface area contributed by atoms with E-state index in [0.29, 0.717) is 0 Å². The maximum atomic E-state index is 2.42. The van der Waals surface area contributed by atoms with Gasteiger partial charge in [0.1, 0.15) is 0 Å². The summed E-state index contributed by atoms with van der Waals surface area (Å²) < 4.78 is 4.82. The molecular formula is C85H56N2. The monoisotopic (exact) mass is 1100 g/mol. The van der Waals surface area contributed by atoms with Crippen LogP contribution < -0.4 is 0 Å². The van der Waals surface area contributed by atoms with Gasteiger partial charge in [0.2, 0.25) is 0 Å². The molecule has 16 aromatic rings. The van der Waals surface area contributed by atoms with Gasteiger partial charge in [-0.15, -0.1) is 0 Å². The predicted octanol–water partition coefficient (Wildman–Crippen LogP) is 22.2. The molecule has 0 N–H and O–H groups in total. The Hall–Kier alpha value is -11.3. The molecule has 14 aromatic carbocycles. The van der Waals surface area contributed by atoms with Crippen molar-refractivity contribution >= 4 is 43.6 Å². The van der Waals surface area contributed by atoms with Gasteiger partial charge >= 0.3 is 0 Å². The third kappa shape index (κ3) is 8.17. The van der Waals surface area contributed by atoms with Crippen molar-refractivity contribution in [2.24, 2.45) is 0 Å². The number of para-hydroxylation sites is 2. The SMILES string of the molecule is c1ccc(-c2ccc(-n3c4ccccc4c4cc(-c5ccc6c(c5)c5ccccc5n6-c5ccc(-c6ccccc6-c6ccc(-c7cccc(-c8ccc(C9(c%10ccccc%10)c%10ccccc%10-c%10ccccc%109)cc8)c7)cc6)cc5)ccc43)cc2)cc1. The van der Waals surface area contributed by atoms with Crippen molar-refractivity contribution in [2.75, 3.05) is 0 Å². The number of nitrogens with zero attached hydrogens (tertiary/aromatic N) is 2. The summed E-state index contributed by atoms with van der Waals surface area (Å²) >= 11 is 0. The van der Waals surface area contributed by atoms with E-state index in [1.54, 1.807) is 0 Å². The van der Waals surface area contributed by atoms with Gasteiger partial charge in [-0.05, 0) is 167 Å². The maximum Gasteiger partial charge on any atom is 0.0713 e. The van der Waals surface area contributed by atoms with Crippen molar-refractivity contribution in [3.05, 3.63) is 362 Å². The summed E-state index contributed by atoms with van der Waals surface area (Å²) in [7, 11) is 0. The molecule has 87 heavy (non-hydrogen) atoms. The average Bonchev–Trinajstić information content (AvgIpc) is 1.83. The molecule has 2 heterocycles. The molecule has 1 aliphatic carbocycles. The van der Waals surface area contributed by atoms with E-state index in [9.17, 15) is 0 Å². The summed E-state index contributed by atoms with van der Waals surface area (Å²) in [6.45, 7) is 0. The van der Waals surface area contributed by atoms with Gasteiger partial charge in [-0.2, -0.15) is 0 Å². The molecule has 17 rings (SSSR count). The zero-order valence-corrected chi connectivity index (χ0v) is 47.7. The van der Waals surface area contributed by atoms with Crippen molar-refractivity contribution in [3.8, 4) is 89.3 Å². The van der Waals surface area contributed by atoms with E-state index in [1.807, 2.05) is 0 Å². The smallest absolute Gasteiger partial charge is 0.0713 e. The first-order chi connectivity index (χ1) is 43.1. The fraction of sp³-hybridized carbons (Fsp3) is 0.0118. The lowest BCUT2D eigenvalue weighted by Crippen LogP contribution is -2.28. The van der Waals surface area contributed by atoms with E-state index in [0.717, 1.165) is 11.4 Å². The van der Waals surface area contributed by atoms with E-state index in [1.165, 1.54) is 144 Å². The van der Waals surface area contributed by atoms with Crippen LogP contribution in [0, 0.1) is 0 Å². The second-order valence-corrected chi connectivity index (χ2v) is 23.1. The third-order valence-electron chi connectivity index (χ3n) is 18.5. The van der Waals surface area contributed by atoms with Crippen LogP contribution in [0.3, 0.4) is 0 Å². The van der Waals surface area contributed by atoms with Gasteiger partial charge in [0, 0.05) is 32.9 Å². The van der Waals surface area contributed by atoms with Gasteiger partial charge in [-0.1, -0.05) is 273 Å². The number of rotatable bonds is 10. The highest BCUT2D eigenvalue weighted by molar-refractivity contribution is 6.13. The number of hydrogen-bond donors (Lipinski definition) is 0. The largest absolute Gasteiger partial charge is 0.309 e. The molecule has 2 aromatic heterocycles. The molecule has 0 saturated heterocycles. The Balaban J connectivity index is 0.650. The maximum absolute atomic E-state index is 2.42. The lowest BCUT2D eigenvalue weighted by Gasteiger charge is -2.34. The first-order valence-corrected chi connectivity index (χ1v) is 30.1. The molecule has 0 spiro atoms. The molecule has 0 aliphatic heterocycles. The minimum atomic E-state index is -0.415. The van der Waals surface area contributed by atoms with Crippen LogP contribution in [0.15, 0.2) is 340 Å². The summed E-state index contributed by atoms with van der Waals surface area (Å²) in [5, 5.41) is 4.96. The summed E-state index contributed by atoms with van der Waals surface area (Å²) in [6, 6.07) is 125. The predicted molar refractivity (Wildman–Crippen MR) is 365 cm³/mol. The molecule has 2 nitrogen and oxygen atoms in total. The van der Waals surface area contributed by atoms with E-state index in [4.69, 9.17) is 0 Å². The molecule has 0 fully saturated rings. The molecule has 0 saturated carbocycles. The summed E-state index contributed by atoms with van der Waals surface area (Å²) in [6.07, 6.45) is 0. The fourth-order valence-electron chi connectivity index (χ4n) is 14.4. The molecule has 0 unspecified atom stereocenters. The van der Waals surface area contributed by atoms with Gasteiger partial charge in [0.15, 0.2) is 0 Å². The van der Waals surface area contributed by atoms with Crippen LogP contribution in [0.25, 0.3) is 133 Å². The Morgan fingerprint density at radius 1 is 0.184 bits per heavy atom. The van der Waals surface area contributed by atoms with Crippen molar-refractivity contribution in [3.63, 3.8) is 0 Å². The average molecular weight is 1110 g/mol. The highest BCUT2D eigenvalue weighted by atomic mass is 15.0. The van der Waals surface area contributed by atoms with Crippen molar-refractivity contribution in [2.45, 2.75) is 5.41 Å². The number of fused-ring (bicyclic) bond motifs is 9. The van der Waals surface area contributed by atoms with E-state index >= 15 is 0 Å². The highest BCUT2D eigenvalue weighted by Crippen LogP contribution is 2.56. The highest BCUT2D eigenvalue weighted by Gasteiger charge is 2.45.